The van der Waals surface area contributed by atoms with Gasteiger partial charge < -0.3 is 9.84 Å². The monoisotopic (exact) mass is 208 g/mol. The molecule has 1 heterocycles. The Hall–Kier alpha value is -1.17. The van der Waals surface area contributed by atoms with Crippen LogP contribution in [0.5, 0.6) is 5.75 Å². The van der Waals surface area contributed by atoms with Crippen molar-refractivity contribution in [2.24, 2.45) is 0 Å². The Kier molecular flexibility index (Phi) is 3.18. The van der Waals surface area contributed by atoms with E-state index in [1.807, 2.05) is 0 Å². The average molecular weight is 208 g/mol. The van der Waals surface area contributed by atoms with Crippen molar-refractivity contribution in [3.8, 4) is 5.75 Å². The zero-order valence-corrected chi connectivity index (χ0v) is 7.18. The highest BCUT2D eigenvalue weighted by Gasteiger charge is 2.14. The van der Waals surface area contributed by atoms with Gasteiger partial charge in [0.15, 0.2) is 4.88 Å². The van der Waals surface area contributed by atoms with E-state index in [1.54, 1.807) is 0 Å². The van der Waals surface area contributed by atoms with Gasteiger partial charge in [-0.3, -0.25) is 0 Å². The molecule has 0 aromatic carbocycles. The van der Waals surface area contributed by atoms with Crippen LogP contribution in [0.15, 0.2) is 11.4 Å². The van der Waals surface area contributed by atoms with E-state index in [9.17, 15) is 13.6 Å². The molecule has 0 amide bonds. The highest BCUT2D eigenvalue weighted by molar-refractivity contribution is 7.12. The normalized spacial score (nSPS) is 10.4. The smallest absolute Gasteiger partial charge is 0.349 e. The second kappa shape index (κ2) is 4.18. The summed E-state index contributed by atoms with van der Waals surface area (Å²) < 4.78 is 28.0. The van der Waals surface area contributed by atoms with E-state index in [4.69, 9.17) is 5.11 Å². The lowest BCUT2D eigenvalue weighted by atomic mass is 10.4. The molecule has 0 bridgehead atoms. The maximum Gasteiger partial charge on any atom is 0.349 e. The number of rotatable bonds is 4. The van der Waals surface area contributed by atoms with Crippen LogP contribution in [0.2, 0.25) is 0 Å². The van der Waals surface area contributed by atoms with E-state index in [-0.39, 0.29) is 10.6 Å². The molecule has 0 fully saturated rings. The first-order chi connectivity index (χ1) is 6.11. The highest BCUT2D eigenvalue weighted by atomic mass is 32.1. The molecule has 13 heavy (non-hydrogen) atoms. The minimum atomic E-state index is -2.60. The molecule has 72 valence electrons. The van der Waals surface area contributed by atoms with Crippen LogP contribution in [0.25, 0.3) is 0 Å². The molecule has 0 aliphatic rings. The summed E-state index contributed by atoms with van der Waals surface area (Å²) in [6, 6.07) is 1.36. The fraction of sp³-hybridized carbons (Fsp3) is 0.286. The molecular weight excluding hydrogens is 202 g/mol. The lowest BCUT2D eigenvalue weighted by molar-refractivity contribution is 0.0671. The molecule has 1 aromatic rings. The van der Waals surface area contributed by atoms with Gasteiger partial charge in [-0.05, 0) is 11.4 Å². The SMILES string of the molecule is O=C(O)c1sccc1OCC(F)F. The standard InChI is InChI=1S/C7H6F2O3S/c8-5(9)3-12-4-1-2-13-6(4)7(10)11/h1-2,5H,3H2,(H,10,11). The molecule has 0 aliphatic carbocycles. The number of hydrogen-bond donors (Lipinski definition) is 1. The molecule has 1 N–H and O–H groups in total. The number of hydrogen-bond acceptors (Lipinski definition) is 3. The maximum absolute atomic E-state index is 11.7. The third-order valence-corrected chi connectivity index (χ3v) is 2.07. The van der Waals surface area contributed by atoms with Crippen molar-refractivity contribution in [2.45, 2.75) is 6.43 Å². The van der Waals surface area contributed by atoms with Crippen molar-refractivity contribution in [1.29, 1.82) is 0 Å². The molecule has 0 atom stereocenters. The fourth-order valence-electron chi connectivity index (χ4n) is 0.720. The highest BCUT2D eigenvalue weighted by Crippen LogP contribution is 2.24. The van der Waals surface area contributed by atoms with E-state index in [2.05, 4.69) is 4.74 Å². The van der Waals surface area contributed by atoms with Gasteiger partial charge in [-0.15, -0.1) is 11.3 Å². The summed E-state index contributed by atoms with van der Waals surface area (Å²) >= 11 is 0.940. The minimum absolute atomic E-state index is 0.00204. The Balaban J connectivity index is 2.65. The predicted octanol–water partition coefficient (Wildman–Crippen LogP) is 2.09. The Morgan fingerprint density at radius 1 is 1.69 bits per heavy atom. The number of halogens is 2. The number of ether oxygens (including phenoxy) is 1. The van der Waals surface area contributed by atoms with Gasteiger partial charge in [-0.2, -0.15) is 0 Å². The van der Waals surface area contributed by atoms with Crippen LogP contribution < -0.4 is 4.74 Å². The minimum Gasteiger partial charge on any atom is -0.486 e. The zero-order valence-electron chi connectivity index (χ0n) is 6.37. The summed E-state index contributed by atoms with van der Waals surface area (Å²) in [5, 5.41) is 10.0. The van der Waals surface area contributed by atoms with Gasteiger partial charge in [0.25, 0.3) is 6.43 Å². The van der Waals surface area contributed by atoms with E-state index < -0.39 is 19.0 Å². The van der Waals surface area contributed by atoms with Crippen molar-refractivity contribution in [1.82, 2.24) is 0 Å². The largest absolute Gasteiger partial charge is 0.486 e. The Morgan fingerprint density at radius 3 is 2.92 bits per heavy atom. The molecule has 1 aromatic heterocycles. The van der Waals surface area contributed by atoms with Crippen LogP contribution in [0, 0.1) is 0 Å². The predicted molar refractivity (Wildman–Crippen MR) is 42.8 cm³/mol. The number of carboxylic acids is 1. The molecule has 0 saturated heterocycles. The summed E-state index contributed by atoms with van der Waals surface area (Å²) in [6.07, 6.45) is -2.60. The van der Waals surface area contributed by atoms with Gasteiger partial charge in [-0.25, -0.2) is 13.6 Å². The third-order valence-electron chi connectivity index (χ3n) is 1.19. The molecule has 0 saturated carbocycles. The maximum atomic E-state index is 11.7. The number of carbonyl (C=O) groups is 1. The number of aromatic carboxylic acids is 1. The lowest BCUT2D eigenvalue weighted by Gasteiger charge is -2.03. The Bertz CT molecular complexity index is 298. The number of thiophene rings is 1. The fourth-order valence-corrected chi connectivity index (χ4v) is 1.39. The van der Waals surface area contributed by atoms with E-state index in [0.29, 0.717) is 0 Å². The summed E-state index contributed by atoms with van der Waals surface area (Å²) in [7, 11) is 0. The molecule has 0 aliphatic heterocycles. The molecular formula is C7H6F2O3S. The van der Waals surface area contributed by atoms with Crippen molar-refractivity contribution in [2.75, 3.05) is 6.61 Å². The third kappa shape index (κ3) is 2.66. The average Bonchev–Trinajstić information content (AvgIpc) is 2.47. The van der Waals surface area contributed by atoms with Crippen LogP contribution in [-0.2, 0) is 0 Å². The van der Waals surface area contributed by atoms with Crippen molar-refractivity contribution >= 4 is 17.3 Å². The molecule has 0 spiro atoms. The molecule has 6 heteroatoms. The summed E-state index contributed by atoms with van der Waals surface area (Å²) in [5.74, 6) is -1.17. The van der Waals surface area contributed by atoms with Gasteiger partial charge in [0.1, 0.15) is 12.4 Å². The summed E-state index contributed by atoms with van der Waals surface area (Å²) in [4.78, 5) is 10.4. The first-order valence-corrected chi connectivity index (χ1v) is 4.21. The van der Waals surface area contributed by atoms with Gasteiger partial charge in [0, 0.05) is 0 Å². The zero-order chi connectivity index (χ0) is 9.84. The lowest BCUT2D eigenvalue weighted by Crippen LogP contribution is -2.08. The van der Waals surface area contributed by atoms with Crippen LogP contribution in [0.3, 0.4) is 0 Å². The number of carboxylic acid groups (broad SMARTS) is 1. The van der Waals surface area contributed by atoms with Crippen LogP contribution >= 0.6 is 11.3 Å². The van der Waals surface area contributed by atoms with E-state index in [0.717, 1.165) is 11.3 Å². The van der Waals surface area contributed by atoms with Crippen LogP contribution in [0.4, 0.5) is 8.78 Å². The van der Waals surface area contributed by atoms with E-state index in [1.165, 1.54) is 11.4 Å². The second-order valence-corrected chi connectivity index (χ2v) is 3.04. The second-order valence-electron chi connectivity index (χ2n) is 2.12. The van der Waals surface area contributed by atoms with Gasteiger partial charge in [0.2, 0.25) is 0 Å². The molecule has 0 unspecified atom stereocenters. The first kappa shape index (κ1) is 9.91. The van der Waals surface area contributed by atoms with Crippen LogP contribution in [-0.4, -0.2) is 24.1 Å². The molecule has 0 radical (unpaired) electrons. The summed E-state index contributed by atoms with van der Waals surface area (Å²) in [6.45, 7) is -0.781. The van der Waals surface area contributed by atoms with Crippen molar-refractivity contribution in [3.05, 3.63) is 16.3 Å². The summed E-state index contributed by atoms with van der Waals surface area (Å²) in [5.41, 5.74) is 0. The topological polar surface area (TPSA) is 46.5 Å². The quantitative estimate of drug-likeness (QED) is 0.824. The Labute approximate surface area is 76.6 Å². The van der Waals surface area contributed by atoms with Gasteiger partial charge in [0.05, 0.1) is 0 Å². The number of alkyl halides is 2. The van der Waals surface area contributed by atoms with Gasteiger partial charge in [-0.1, -0.05) is 0 Å². The molecule has 1 rings (SSSR count). The Morgan fingerprint density at radius 2 is 2.38 bits per heavy atom. The van der Waals surface area contributed by atoms with Gasteiger partial charge >= 0.3 is 5.97 Å². The van der Waals surface area contributed by atoms with Crippen LogP contribution in [0.1, 0.15) is 9.67 Å². The van der Waals surface area contributed by atoms with E-state index >= 15 is 0 Å². The van der Waals surface area contributed by atoms with Crippen molar-refractivity contribution < 1.29 is 23.4 Å². The molecule has 3 nitrogen and oxygen atoms in total. The van der Waals surface area contributed by atoms with Crippen molar-refractivity contribution in [3.63, 3.8) is 0 Å². The first-order valence-electron chi connectivity index (χ1n) is 3.33.